The molecule has 1 saturated heterocycles. The van der Waals surface area contributed by atoms with Crippen LogP contribution in [-0.2, 0) is 14.9 Å². The van der Waals surface area contributed by atoms with Gasteiger partial charge >= 0.3 is 12.3 Å². The van der Waals surface area contributed by atoms with E-state index in [1.165, 1.54) is 18.2 Å². The molecular formula is C20H23F5N2O3. The van der Waals surface area contributed by atoms with E-state index in [0.29, 0.717) is 19.3 Å². The van der Waals surface area contributed by atoms with Gasteiger partial charge < -0.3 is 10.1 Å². The molecule has 0 aromatic heterocycles. The molecule has 1 unspecified atom stereocenters. The van der Waals surface area contributed by atoms with Crippen molar-refractivity contribution in [1.29, 1.82) is 0 Å². The number of halogens is 5. The number of likely N-dealkylation sites (tertiary alicyclic amines) is 1. The molecule has 1 atom stereocenters. The van der Waals surface area contributed by atoms with Crippen molar-refractivity contribution in [2.75, 3.05) is 19.7 Å². The second-order valence-corrected chi connectivity index (χ2v) is 7.82. The number of carbonyl (C=O) groups excluding carboxylic acids is 2. The van der Waals surface area contributed by atoms with Crippen molar-refractivity contribution < 1.29 is 36.3 Å². The number of nitrogens with zero attached hydrogens (tertiary/aromatic N) is 1. The molecule has 2 amide bonds. The molecule has 0 spiro atoms. The highest BCUT2D eigenvalue weighted by molar-refractivity contribution is 5.86. The lowest BCUT2D eigenvalue weighted by molar-refractivity contribution is -0.162. The van der Waals surface area contributed by atoms with Crippen molar-refractivity contribution in [3.63, 3.8) is 0 Å². The van der Waals surface area contributed by atoms with E-state index < -0.39 is 47.9 Å². The van der Waals surface area contributed by atoms with E-state index in [4.69, 9.17) is 0 Å². The standard InChI is InChI=1S/C20H23F5N2O3/c21-13-5-3-6-14(22)16(13)19(8-1-2-9-19)11-26-17(28)15-7-4-10-27(15)18(29)30-12-20(23,24)25/h3,5-6,15H,1-2,4,7-12H2,(H,26,28). The predicted octanol–water partition coefficient (Wildman–Crippen LogP) is 4.06. The van der Waals surface area contributed by atoms with Gasteiger partial charge in [-0.15, -0.1) is 0 Å². The molecule has 0 radical (unpaired) electrons. The smallest absolute Gasteiger partial charge is 0.422 e. The van der Waals surface area contributed by atoms with Crippen molar-refractivity contribution in [3.05, 3.63) is 35.4 Å². The Balaban J connectivity index is 1.68. The van der Waals surface area contributed by atoms with Crippen LogP contribution in [0.15, 0.2) is 18.2 Å². The molecule has 1 aromatic rings. The molecule has 1 aliphatic heterocycles. The number of carbonyl (C=O) groups is 2. The zero-order chi connectivity index (χ0) is 21.9. The molecule has 1 N–H and O–H groups in total. The van der Waals surface area contributed by atoms with Crippen LogP contribution in [0, 0.1) is 11.6 Å². The number of amides is 2. The molecule has 10 heteroatoms. The summed E-state index contributed by atoms with van der Waals surface area (Å²) in [4.78, 5) is 25.6. The fourth-order valence-electron chi connectivity index (χ4n) is 4.43. The number of hydrogen-bond donors (Lipinski definition) is 1. The summed E-state index contributed by atoms with van der Waals surface area (Å²) >= 11 is 0. The monoisotopic (exact) mass is 434 g/mol. The third kappa shape index (κ3) is 4.84. The number of rotatable bonds is 5. The van der Waals surface area contributed by atoms with Crippen molar-refractivity contribution in [2.24, 2.45) is 0 Å². The van der Waals surface area contributed by atoms with E-state index in [0.717, 1.165) is 17.7 Å². The van der Waals surface area contributed by atoms with Gasteiger partial charge in [-0.25, -0.2) is 13.6 Å². The summed E-state index contributed by atoms with van der Waals surface area (Å²) < 4.78 is 69.9. The summed E-state index contributed by atoms with van der Waals surface area (Å²) in [5.74, 6) is -1.92. The van der Waals surface area contributed by atoms with Crippen LogP contribution in [-0.4, -0.2) is 48.8 Å². The minimum atomic E-state index is -4.66. The number of hydrogen-bond acceptors (Lipinski definition) is 3. The lowest BCUT2D eigenvalue weighted by atomic mass is 9.78. The average molecular weight is 434 g/mol. The van der Waals surface area contributed by atoms with Gasteiger partial charge in [0.25, 0.3) is 0 Å². The molecule has 1 aliphatic carbocycles. The summed E-state index contributed by atoms with van der Waals surface area (Å²) in [6.45, 7) is -1.65. The van der Waals surface area contributed by atoms with Gasteiger partial charge in [0.2, 0.25) is 5.91 Å². The zero-order valence-electron chi connectivity index (χ0n) is 16.2. The number of ether oxygens (including phenoxy) is 1. The van der Waals surface area contributed by atoms with E-state index >= 15 is 0 Å². The van der Waals surface area contributed by atoms with Gasteiger partial charge in [0.15, 0.2) is 6.61 Å². The number of alkyl halides is 3. The maximum atomic E-state index is 14.4. The summed E-state index contributed by atoms with van der Waals surface area (Å²) in [6, 6.07) is 2.65. The van der Waals surface area contributed by atoms with Gasteiger partial charge in [-0.05, 0) is 37.8 Å². The Kier molecular flexibility index (Phi) is 6.52. The molecular weight excluding hydrogens is 411 g/mol. The summed E-state index contributed by atoms with van der Waals surface area (Å²) in [5.41, 5.74) is -0.957. The molecule has 0 bridgehead atoms. The summed E-state index contributed by atoms with van der Waals surface area (Å²) in [5, 5.41) is 2.67. The lowest BCUT2D eigenvalue weighted by Gasteiger charge is -2.32. The molecule has 1 saturated carbocycles. The van der Waals surface area contributed by atoms with Crippen LogP contribution in [0.1, 0.15) is 44.1 Å². The Labute approximate surface area is 170 Å². The fourth-order valence-corrected chi connectivity index (χ4v) is 4.43. The topological polar surface area (TPSA) is 58.6 Å². The molecule has 166 valence electrons. The van der Waals surface area contributed by atoms with E-state index in [9.17, 15) is 31.5 Å². The lowest BCUT2D eigenvalue weighted by Crippen LogP contribution is -2.49. The van der Waals surface area contributed by atoms with Gasteiger partial charge in [-0.1, -0.05) is 18.9 Å². The van der Waals surface area contributed by atoms with Crippen LogP contribution in [0.2, 0.25) is 0 Å². The van der Waals surface area contributed by atoms with E-state index in [1.54, 1.807) is 0 Å². The second kappa shape index (κ2) is 8.77. The Bertz CT molecular complexity index is 773. The molecule has 30 heavy (non-hydrogen) atoms. The normalized spacial score (nSPS) is 21.0. The van der Waals surface area contributed by atoms with Crippen LogP contribution in [0.4, 0.5) is 26.7 Å². The average Bonchev–Trinajstić information content (AvgIpc) is 3.34. The second-order valence-electron chi connectivity index (χ2n) is 7.82. The number of benzene rings is 1. The highest BCUT2D eigenvalue weighted by atomic mass is 19.4. The van der Waals surface area contributed by atoms with E-state index in [2.05, 4.69) is 10.1 Å². The van der Waals surface area contributed by atoms with Gasteiger partial charge in [0.05, 0.1) is 0 Å². The van der Waals surface area contributed by atoms with Crippen LogP contribution >= 0.6 is 0 Å². The predicted molar refractivity (Wildman–Crippen MR) is 96.6 cm³/mol. The third-order valence-electron chi connectivity index (χ3n) is 5.80. The third-order valence-corrected chi connectivity index (χ3v) is 5.80. The van der Waals surface area contributed by atoms with Crippen LogP contribution in [0.5, 0.6) is 0 Å². The quantitative estimate of drug-likeness (QED) is 0.712. The Hall–Kier alpha value is -2.39. The maximum absolute atomic E-state index is 14.4. The van der Waals surface area contributed by atoms with E-state index in [-0.39, 0.29) is 25.1 Å². The Morgan fingerprint density at radius 3 is 2.37 bits per heavy atom. The highest BCUT2D eigenvalue weighted by Gasteiger charge is 2.42. The molecule has 1 heterocycles. The van der Waals surface area contributed by atoms with Gasteiger partial charge in [0.1, 0.15) is 17.7 Å². The Morgan fingerprint density at radius 1 is 1.13 bits per heavy atom. The van der Waals surface area contributed by atoms with Crippen molar-refractivity contribution >= 4 is 12.0 Å². The van der Waals surface area contributed by atoms with Crippen molar-refractivity contribution in [2.45, 2.75) is 56.2 Å². The largest absolute Gasteiger partial charge is 0.440 e. The first-order valence-corrected chi connectivity index (χ1v) is 9.85. The molecule has 1 aromatic carbocycles. The first-order chi connectivity index (χ1) is 14.1. The molecule has 2 fully saturated rings. The summed E-state index contributed by atoms with van der Waals surface area (Å²) in [6.07, 6.45) is -2.67. The Morgan fingerprint density at radius 2 is 1.77 bits per heavy atom. The number of nitrogens with one attached hydrogen (secondary N) is 1. The highest BCUT2D eigenvalue weighted by Crippen LogP contribution is 2.43. The minimum absolute atomic E-state index is 0.0222. The van der Waals surface area contributed by atoms with Crippen molar-refractivity contribution in [3.8, 4) is 0 Å². The van der Waals surface area contributed by atoms with Crippen molar-refractivity contribution in [1.82, 2.24) is 10.2 Å². The van der Waals surface area contributed by atoms with E-state index in [1.807, 2.05) is 0 Å². The fraction of sp³-hybridized carbons (Fsp3) is 0.600. The molecule has 5 nitrogen and oxygen atoms in total. The first kappa shape index (κ1) is 22.3. The molecule has 3 rings (SSSR count). The summed E-state index contributed by atoms with van der Waals surface area (Å²) in [7, 11) is 0. The molecule has 2 aliphatic rings. The first-order valence-electron chi connectivity index (χ1n) is 9.85. The van der Waals surface area contributed by atoms with Gasteiger partial charge in [-0.2, -0.15) is 13.2 Å². The maximum Gasteiger partial charge on any atom is 0.422 e. The SMILES string of the molecule is O=C(NCC1(c2c(F)cccc2F)CCCC1)C1CCCN1C(=O)OCC(F)(F)F. The zero-order valence-corrected chi connectivity index (χ0v) is 16.2. The van der Waals surface area contributed by atoms with Crippen LogP contribution < -0.4 is 5.32 Å². The van der Waals surface area contributed by atoms with Crippen LogP contribution in [0.25, 0.3) is 0 Å². The van der Waals surface area contributed by atoms with Gasteiger partial charge in [-0.3, -0.25) is 9.69 Å². The van der Waals surface area contributed by atoms with Gasteiger partial charge in [0, 0.05) is 24.1 Å². The van der Waals surface area contributed by atoms with Crippen LogP contribution in [0.3, 0.4) is 0 Å². The minimum Gasteiger partial charge on any atom is -0.440 e.